The van der Waals surface area contributed by atoms with Gasteiger partial charge in [-0.25, -0.2) is 0 Å². The van der Waals surface area contributed by atoms with Crippen LogP contribution in [-0.2, 0) is 0 Å². The van der Waals surface area contributed by atoms with E-state index in [1.807, 2.05) is 49.4 Å². The van der Waals surface area contributed by atoms with Crippen molar-refractivity contribution in [2.45, 2.75) is 16.7 Å². The average molecular weight is 296 g/mol. The van der Waals surface area contributed by atoms with Crippen LogP contribution < -0.4 is 10.5 Å². The van der Waals surface area contributed by atoms with Gasteiger partial charge in [-0.3, -0.25) is 4.98 Å². The molecule has 0 bridgehead atoms. The number of nitrogen functional groups attached to an aromatic ring is 1. The molecule has 2 N–H and O–H groups in total. The molecular formula is C17H16N2OS. The van der Waals surface area contributed by atoms with Crippen LogP contribution >= 0.6 is 11.8 Å². The number of hydrogen-bond acceptors (Lipinski definition) is 4. The Morgan fingerprint density at radius 2 is 1.86 bits per heavy atom. The first kappa shape index (κ1) is 13.8. The summed E-state index contributed by atoms with van der Waals surface area (Å²) in [6.45, 7) is 2.00. The summed E-state index contributed by atoms with van der Waals surface area (Å²) in [6.07, 6.45) is 0. The van der Waals surface area contributed by atoms with Crippen molar-refractivity contribution in [2.24, 2.45) is 0 Å². The highest BCUT2D eigenvalue weighted by atomic mass is 32.2. The zero-order valence-electron chi connectivity index (χ0n) is 12.0. The number of methoxy groups -OCH3 is 1. The van der Waals surface area contributed by atoms with E-state index >= 15 is 0 Å². The molecule has 0 saturated carbocycles. The molecule has 0 spiro atoms. The highest BCUT2D eigenvalue weighted by Gasteiger charge is 2.09. The Morgan fingerprint density at radius 3 is 2.62 bits per heavy atom. The largest absolute Gasteiger partial charge is 0.497 e. The van der Waals surface area contributed by atoms with Crippen LogP contribution in [0.4, 0.5) is 5.69 Å². The minimum Gasteiger partial charge on any atom is -0.497 e. The second kappa shape index (κ2) is 5.66. The molecule has 0 fully saturated rings. The van der Waals surface area contributed by atoms with Gasteiger partial charge in [0.1, 0.15) is 5.75 Å². The van der Waals surface area contributed by atoms with E-state index < -0.39 is 0 Å². The second-order valence-corrected chi connectivity index (χ2v) is 5.87. The number of fused-ring (bicyclic) bond motifs is 1. The molecule has 4 heteroatoms. The van der Waals surface area contributed by atoms with Gasteiger partial charge in [-0.1, -0.05) is 23.9 Å². The molecule has 1 heterocycles. The van der Waals surface area contributed by atoms with Crippen molar-refractivity contribution >= 4 is 28.4 Å². The van der Waals surface area contributed by atoms with E-state index in [4.69, 9.17) is 10.5 Å². The van der Waals surface area contributed by atoms with Gasteiger partial charge in [-0.05, 0) is 43.3 Å². The van der Waals surface area contributed by atoms with Gasteiger partial charge in [-0.15, -0.1) is 0 Å². The van der Waals surface area contributed by atoms with Crippen LogP contribution in [0.3, 0.4) is 0 Å². The molecule has 0 aliphatic carbocycles. The van der Waals surface area contributed by atoms with Gasteiger partial charge >= 0.3 is 0 Å². The second-order valence-electron chi connectivity index (χ2n) is 4.78. The monoisotopic (exact) mass is 296 g/mol. The Kier molecular flexibility index (Phi) is 3.71. The summed E-state index contributed by atoms with van der Waals surface area (Å²) < 4.78 is 5.32. The van der Waals surface area contributed by atoms with Crippen molar-refractivity contribution in [2.75, 3.05) is 12.8 Å². The number of nitrogens with two attached hydrogens (primary N) is 1. The number of ether oxygens (including phenoxy) is 1. The summed E-state index contributed by atoms with van der Waals surface area (Å²) in [5, 5.41) is 1.08. The fourth-order valence-electron chi connectivity index (χ4n) is 2.20. The van der Waals surface area contributed by atoms with Crippen LogP contribution in [0.15, 0.2) is 58.3 Å². The Bertz CT molecular complexity index is 802. The van der Waals surface area contributed by atoms with Crippen LogP contribution in [0.2, 0.25) is 0 Å². The van der Waals surface area contributed by atoms with Gasteiger partial charge in [0.15, 0.2) is 0 Å². The maximum atomic E-state index is 6.05. The Morgan fingerprint density at radius 1 is 1.05 bits per heavy atom. The summed E-state index contributed by atoms with van der Waals surface area (Å²) in [5.41, 5.74) is 8.79. The zero-order chi connectivity index (χ0) is 14.8. The van der Waals surface area contributed by atoms with Crippen LogP contribution in [0.5, 0.6) is 5.75 Å². The standard InChI is InChI=1S/C17H16N2OS/c1-11-9-17(21-16-6-4-3-5-14(16)18)13-10-12(20-2)7-8-15(13)19-11/h3-10H,18H2,1-2H3. The summed E-state index contributed by atoms with van der Waals surface area (Å²) >= 11 is 1.66. The number of aryl methyl sites for hydroxylation is 1. The van der Waals surface area contributed by atoms with Gasteiger partial charge in [0.2, 0.25) is 0 Å². The molecule has 21 heavy (non-hydrogen) atoms. The maximum Gasteiger partial charge on any atom is 0.119 e. The number of benzene rings is 2. The van der Waals surface area contributed by atoms with Crippen molar-refractivity contribution in [3.05, 3.63) is 54.2 Å². The Hall–Kier alpha value is -2.20. The molecule has 1 aromatic heterocycles. The SMILES string of the molecule is COc1ccc2nc(C)cc(Sc3ccccc3N)c2c1. The number of aromatic nitrogens is 1. The molecule has 3 nitrogen and oxygen atoms in total. The van der Waals surface area contributed by atoms with E-state index in [0.29, 0.717) is 0 Å². The molecule has 0 radical (unpaired) electrons. The smallest absolute Gasteiger partial charge is 0.119 e. The van der Waals surface area contributed by atoms with Gasteiger partial charge in [-0.2, -0.15) is 0 Å². The number of rotatable bonds is 3. The fourth-order valence-corrected chi connectivity index (χ4v) is 3.28. The molecule has 106 valence electrons. The van der Waals surface area contributed by atoms with E-state index in [1.165, 1.54) is 0 Å². The molecule has 0 amide bonds. The first-order valence-corrected chi connectivity index (χ1v) is 7.47. The van der Waals surface area contributed by atoms with Crippen molar-refractivity contribution in [3.8, 4) is 5.75 Å². The molecule has 2 aromatic carbocycles. The summed E-state index contributed by atoms with van der Waals surface area (Å²) in [4.78, 5) is 6.76. The van der Waals surface area contributed by atoms with Gasteiger partial charge in [0.05, 0.1) is 12.6 Å². The van der Waals surface area contributed by atoms with Crippen LogP contribution in [0, 0.1) is 6.92 Å². The predicted molar refractivity (Wildman–Crippen MR) is 88.0 cm³/mol. The third kappa shape index (κ3) is 2.81. The lowest BCUT2D eigenvalue weighted by molar-refractivity contribution is 0.415. The molecule has 3 rings (SSSR count). The summed E-state index contributed by atoms with van der Waals surface area (Å²) in [6, 6.07) is 15.9. The highest BCUT2D eigenvalue weighted by Crippen LogP contribution is 2.37. The molecular weight excluding hydrogens is 280 g/mol. The highest BCUT2D eigenvalue weighted by molar-refractivity contribution is 7.99. The van der Waals surface area contributed by atoms with Crippen LogP contribution in [-0.4, -0.2) is 12.1 Å². The van der Waals surface area contributed by atoms with Crippen molar-refractivity contribution in [1.29, 1.82) is 0 Å². The van der Waals surface area contributed by atoms with Crippen molar-refractivity contribution in [1.82, 2.24) is 4.98 Å². The molecule has 3 aromatic rings. The van der Waals surface area contributed by atoms with Crippen molar-refractivity contribution in [3.63, 3.8) is 0 Å². The maximum absolute atomic E-state index is 6.05. The summed E-state index contributed by atoms with van der Waals surface area (Å²) in [5.74, 6) is 0.830. The predicted octanol–water partition coefficient (Wildman–Crippen LogP) is 4.29. The van der Waals surface area contributed by atoms with E-state index in [2.05, 4.69) is 11.1 Å². The lowest BCUT2D eigenvalue weighted by atomic mass is 10.2. The van der Waals surface area contributed by atoms with Gasteiger partial charge in [0, 0.05) is 26.6 Å². The van der Waals surface area contributed by atoms with Crippen LogP contribution in [0.25, 0.3) is 10.9 Å². The quantitative estimate of drug-likeness (QED) is 0.733. The van der Waals surface area contributed by atoms with Gasteiger partial charge < -0.3 is 10.5 Å². The number of anilines is 1. The average Bonchev–Trinajstić information content (AvgIpc) is 2.49. The fraction of sp³-hybridized carbons (Fsp3) is 0.118. The molecule has 0 aliphatic heterocycles. The number of para-hydroxylation sites is 1. The molecule has 0 atom stereocenters. The van der Waals surface area contributed by atoms with Crippen molar-refractivity contribution < 1.29 is 4.74 Å². The van der Waals surface area contributed by atoms with Crippen LogP contribution in [0.1, 0.15) is 5.69 Å². The summed E-state index contributed by atoms with van der Waals surface area (Å²) in [7, 11) is 1.67. The minimum atomic E-state index is 0.785. The molecule has 0 unspecified atom stereocenters. The zero-order valence-corrected chi connectivity index (χ0v) is 12.8. The normalized spacial score (nSPS) is 10.8. The Balaban J connectivity index is 2.14. The topological polar surface area (TPSA) is 48.1 Å². The first-order valence-electron chi connectivity index (χ1n) is 6.65. The molecule has 0 aliphatic rings. The lowest BCUT2D eigenvalue weighted by Crippen LogP contribution is -1.91. The number of hydrogen-bond donors (Lipinski definition) is 1. The van der Waals surface area contributed by atoms with E-state index in [9.17, 15) is 0 Å². The first-order chi connectivity index (χ1) is 10.2. The van der Waals surface area contributed by atoms with E-state index in [-0.39, 0.29) is 0 Å². The third-order valence-corrected chi connectivity index (χ3v) is 4.39. The third-order valence-electron chi connectivity index (χ3n) is 3.24. The molecule has 0 saturated heterocycles. The lowest BCUT2D eigenvalue weighted by Gasteiger charge is -2.10. The number of pyridine rings is 1. The van der Waals surface area contributed by atoms with Gasteiger partial charge in [0.25, 0.3) is 0 Å². The number of nitrogens with zero attached hydrogens (tertiary/aromatic N) is 1. The van der Waals surface area contributed by atoms with E-state index in [1.54, 1.807) is 18.9 Å². The Labute approximate surface area is 128 Å². The minimum absolute atomic E-state index is 0.785. The van der Waals surface area contributed by atoms with E-state index in [0.717, 1.165) is 37.8 Å².